The summed E-state index contributed by atoms with van der Waals surface area (Å²) in [5, 5.41) is 18.2. The van der Waals surface area contributed by atoms with Crippen LogP contribution in [-0.2, 0) is 4.79 Å². The van der Waals surface area contributed by atoms with Gasteiger partial charge < -0.3 is 11.1 Å². The van der Waals surface area contributed by atoms with Crippen LogP contribution in [0.5, 0.6) is 0 Å². The van der Waals surface area contributed by atoms with Crippen LogP contribution in [0.1, 0.15) is 31.3 Å². The summed E-state index contributed by atoms with van der Waals surface area (Å²) in [6, 6.07) is 0.143. The molecular formula is C12H19N7OS. The van der Waals surface area contributed by atoms with Crippen LogP contribution in [0.25, 0.3) is 0 Å². The molecule has 0 radical (unpaired) electrons. The number of hydrogen-bond acceptors (Lipinski definition) is 6. The molecule has 0 bridgehead atoms. The molecule has 2 rings (SSSR count). The molecule has 1 amide bonds. The Bertz CT molecular complexity index is 627. The fraction of sp³-hybridized carbons (Fsp3) is 0.500. The first kappa shape index (κ1) is 15.4. The standard InChI is InChI=1S/C12H19N7OS/c1-6(2)19-11(13)17-18-12(19)21-5-9(20)14-10-7(3)15-16-8(10)4/h6H,5H2,1-4H3,(H2,13,17)(H,14,20)(H,15,16). The van der Waals surface area contributed by atoms with Crippen LogP contribution in [0, 0.1) is 13.8 Å². The summed E-state index contributed by atoms with van der Waals surface area (Å²) in [5.41, 5.74) is 8.09. The van der Waals surface area contributed by atoms with Gasteiger partial charge in [-0.3, -0.25) is 14.5 Å². The molecule has 0 saturated heterocycles. The number of amides is 1. The zero-order chi connectivity index (χ0) is 15.6. The van der Waals surface area contributed by atoms with Crippen LogP contribution >= 0.6 is 11.8 Å². The van der Waals surface area contributed by atoms with Gasteiger partial charge in [-0.1, -0.05) is 11.8 Å². The van der Waals surface area contributed by atoms with Crippen molar-refractivity contribution in [3.8, 4) is 0 Å². The number of anilines is 2. The number of hydrogen-bond donors (Lipinski definition) is 3. The van der Waals surface area contributed by atoms with Crippen molar-refractivity contribution in [1.29, 1.82) is 0 Å². The highest BCUT2D eigenvalue weighted by atomic mass is 32.2. The smallest absolute Gasteiger partial charge is 0.234 e. The highest BCUT2D eigenvalue weighted by molar-refractivity contribution is 7.99. The van der Waals surface area contributed by atoms with E-state index in [0.29, 0.717) is 11.1 Å². The van der Waals surface area contributed by atoms with E-state index in [1.54, 1.807) is 4.57 Å². The first-order chi connectivity index (χ1) is 9.90. The van der Waals surface area contributed by atoms with E-state index in [2.05, 4.69) is 25.7 Å². The van der Waals surface area contributed by atoms with Crippen molar-refractivity contribution in [3.63, 3.8) is 0 Å². The van der Waals surface area contributed by atoms with Crippen LogP contribution in [0.3, 0.4) is 0 Å². The number of nitrogens with two attached hydrogens (primary N) is 1. The first-order valence-electron chi connectivity index (χ1n) is 6.54. The van der Waals surface area contributed by atoms with Crippen LogP contribution in [0.4, 0.5) is 11.6 Å². The van der Waals surface area contributed by atoms with Crippen LogP contribution in [0.2, 0.25) is 0 Å². The SMILES string of the molecule is Cc1n[nH]c(C)c1NC(=O)CSc1nnc(N)n1C(C)C. The summed E-state index contributed by atoms with van der Waals surface area (Å²) in [5.74, 6) is 0.466. The van der Waals surface area contributed by atoms with Crippen molar-refractivity contribution in [3.05, 3.63) is 11.4 Å². The molecule has 114 valence electrons. The largest absolute Gasteiger partial charge is 0.368 e. The third kappa shape index (κ3) is 3.35. The molecule has 2 heterocycles. The number of aromatic nitrogens is 5. The average molecular weight is 309 g/mol. The topological polar surface area (TPSA) is 115 Å². The van der Waals surface area contributed by atoms with Crippen molar-refractivity contribution in [1.82, 2.24) is 25.0 Å². The molecule has 4 N–H and O–H groups in total. The number of nitrogens with one attached hydrogen (secondary N) is 2. The number of thioether (sulfide) groups is 1. The molecule has 9 heteroatoms. The van der Waals surface area contributed by atoms with E-state index in [9.17, 15) is 4.79 Å². The van der Waals surface area contributed by atoms with Crippen LogP contribution in [0.15, 0.2) is 5.16 Å². The van der Waals surface area contributed by atoms with Gasteiger partial charge in [0.15, 0.2) is 5.16 Å². The lowest BCUT2D eigenvalue weighted by molar-refractivity contribution is -0.113. The van der Waals surface area contributed by atoms with Gasteiger partial charge in [0.05, 0.1) is 22.8 Å². The van der Waals surface area contributed by atoms with Gasteiger partial charge in [0.25, 0.3) is 0 Å². The molecule has 21 heavy (non-hydrogen) atoms. The van der Waals surface area contributed by atoms with Crippen LogP contribution < -0.4 is 11.1 Å². The van der Waals surface area contributed by atoms with Gasteiger partial charge in [0.2, 0.25) is 11.9 Å². The van der Waals surface area contributed by atoms with Gasteiger partial charge in [-0.2, -0.15) is 5.10 Å². The highest BCUT2D eigenvalue weighted by Crippen LogP contribution is 2.23. The minimum Gasteiger partial charge on any atom is -0.368 e. The van der Waals surface area contributed by atoms with E-state index in [1.165, 1.54) is 11.8 Å². The number of H-pyrrole nitrogens is 1. The maximum absolute atomic E-state index is 12.0. The molecule has 2 aromatic heterocycles. The summed E-state index contributed by atoms with van der Waals surface area (Å²) in [6.07, 6.45) is 0. The van der Waals surface area contributed by atoms with Gasteiger partial charge in [-0.25, -0.2) is 0 Å². The Morgan fingerprint density at radius 1 is 1.43 bits per heavy atom. The summed E-state index contributed by atoms with van der Waals surface area (Å²) in [6.45, 7) is 7.67. The third-order valence-corrected chi connectivity index (χ3v) is 3.88. The highest BCUT2D eigenvalue weighted by Gasteiger charge is 2.15. The zero-order valence-electron chi connectivity index (χ0n) is 12.5. The van der Waals surface area contributed by atoms with Gasteiger partial charge in [-0.05, 0) is 27.7 Å². The lowest BCUT2D eigenvalue weighted by atomic mass is 10.3. The second-order valence-corrected chi connectivity index (χ2v) is 5.89. The van der Waals surface area contributed by atoms with Gasteiger partial charge in [-0.15, -0.1) is 10.2 Å². The minimum absolute atomic E-state index is 0.121. The van der Waals surface area contributed by atoms with Gasteiger partial charge in [0.1, 0.15) is 0 Å². The molecule has 2 aromatic rings. The van der Waals surface area contributed by atoms with E-state index in [-0.39, 0.29) is 17.7 Å². The normalized spacial score (nSPS) is 11.1. The summed E-state index contributed by atoms with van der Waals surface area (Å²) >= 11 is 1.30. The number of aryl methyl sites for hydroxylation is 2. The molecule has 0 spiro atoms. The maximum Gasteiger partial charge on any atom is 0.234 e. The van der Waals surface area contributed by atoms with E-state index in [1.807, 2.05) is 27.7 Å². The van der Waals surface area contributed by atoms with Crippen molar-refractivity contribution in [2.45, 2.75) is 38.9 Å². The van der Waals surface area contributed by atoms with Crippen LogP contribution in [-0.4, -0.2) is 36.6 Å². The molecule has 0 aromatic carbocycles. The minimum atomic E-state index is -0.121. The molecule has 0 aliphatic rings. The molecule has 0 unspecified atom stereocenters. The fourth-order valence-corrected chi connectivity index (χ4v) is 2.79. The van der Waals surface area contributed by atoms with Gasteiger partial charge >= 0.3 is 0 Å². The number of carbonyl (C=O) groups excluding carboxylic acids is 1. The number of nitrogens with zero attached hydrogens (tertiary/aromatic N) is 4. The average Bonchev–Trinajstić information content (AvgIpc) is 2.93. The monoisotopic (exact) mass is 309 g/mol. The van der Waals surface area contributed by atoms with Crippen molar-refractivity contribution < 1.29 is 4.79 Å². The van der Waals surface area contributed by atoms with E-state index >= 15 is 0 Å². The first-order valence-corrected chi connectivity index (χ1v) is 7.53. The fourth-order valence-electron chi connectivity index (χ4n) is 1.91. The molecule has 0 aliphatic carbocycles. The number of carbonyl (C=O) groups is 1. The second-order valence-electron chi connectivity index (χ2n) is 4.95. The van der Waals surface area contributed by atoms with E-state index in [4.69, 9.17) is 5.73 Å². The Labute approximate surface area is 126 Å². The number of rotatable bonds is 5. The molecule has 0 fully saturated rings. The molecule has 0 saturated carbocycles. The van der Waals surface area contributed by atoms with Crippen molar-refractivity contribution in [2.75, 3.05) is 16.8 Å². The van der Waals surface area contributed by atoms with E-state index < -0.39 is 0 Å². The molecule has 8 nitrogen and oxygen atoms in total. The Morgan fingerprint density at radius 2 is 2.14 bits per heavy atom. The number of aromatic amines is 1. The number of nitrogen functional groups attached to an aromatic ring is 1. The Balaban J connectivity index is 1.99. The molecular weight excluding hydrogens is 290 g/mol. The summed E-state index contributed by atoms with van der Waals surface area (Å²) in [4.78, 5) is 12.0. The summed E-state index contributed by atoms with van der Waals surface area (Å²) in [7, 11) is 0. The van der Waals surface area contributed by atoms with E-state index in [0.717, 1.165) is 17.1 Å². The Kier molecular flexibility index (Phi) is 4.51. The maximum atomic E-state index is 12.0. The molecule has 0 atom stereocenters. The molecule has 0 aliphatic heterocycles. The van der Waals surface area contributed by atoms with Crippen molar-refractivity contribution in [2.24, 2.45) is 0 Å². The second kappa shape index (κ2) is 6.17. The summed E-state index contributed by atoms with van der Waals surface area (Å²) < 4.78 is 1.80. The quantitative estimate of drug-likeness (QED) is 0.721. The third-order valence-electron chi connectivity index (χ3n) is 2.93. The Hall–Kier alpha value is -2.03. The lowest BCUT2D eigenvalue weighted by Gasteiger charge is -2.11. The zero-order valence-corrected chi connectivity index (χ0v) is 13.3. The Morgan fingerprint density at radius 3 is 2.71 bits per heavy atom. The van der Waals surface area contributed by atoms with Gasteiger partial charge in [0, 0.05) is 6.04 Å². The lowest BCUT2D eigenvalue weighted by Crippen LogP contribution is -2.16. The predicted molar refractivity (Wildman–Crippen MR) is 82.2 cm³/mol. The van der Waals surface area contributed by atoms with Crippen molar-refractivity contribution >= 4 is 29.3 Å². The predicted octanol–water partition coefficient (Wildman–Crippen LogP) is 1.51.